The predicted octanol–water partition coefficient (Wildman–Crippen LogP) is 3.59. The largest absolute Gasteiger partial charge is 0.439 e. The van der Waals surface area contributed by atoms with Gasteiger partial charge in [-0.1, -0.05) is 12.1 Å². The van der Waals surface area contributed by atoms with Crippen LogP contribution in [0.4, 0.5) is 4.39 Å². The third-order valence-corrected chi connectivity index (χ3v) is 5.28. The molecule has 2 aliphatic rings. The third kappa shape index (κ3) is 6.27. The number of nitrogens with zero attached hydrogens (tertiary/aromatic N) is 3. The van der Waals surface area contributed by atoms with Crippen molar-refractivity contribution in [3.8, 4) is 11.6 Å². The average molecular weight is 542 g/mol. The zero-order valence-corrected chi connectivity index (χ0v) is 19.8. The van der Waals surface area contributed by atoms with Gasteiger partial charge in [0.05, 0.1) is 12.7 Å². The lowest BCUT2D eigenvalue weighted by Gasteiger charge is -2.37. The van der Waals surface area contributed by atoms with Gasteiger partial charge < -0.3 is 24.4 Å². The second-order valence-corrected chi connectivity index (χ2v) is 7.33. The number of pyridine rings is 1. The first-order valence-electron chi connectivity index (χ1n) is 10.3. The SMILES string of the molecule is CN=C(NCc1cccnc1Oc1cccc(F)c1)N1CCOC(C2CCCO2)C1.I. The summed E-state index contributed by atoms with van der Waals surface area (Å²) in [4.78, 5) is 10.9. The van der Waals surface area contributed by atoms with E-state index in [4.69, 9.17) is 14.2 Å². The lowest BCUT2D eigenvalue weighted by atomic mass is 10.1. The maximum atomic E-state index is 13.5. The standard InChI is InChI=1S/C22H27FN4O3.HI/c1-24-22(27-10-12-29-20(15-27)19-8-4-11-28-19)26-14-16-5-3-9-25-21(16)30-18-7-2-6-17(23)13-18;/h2-3,5-7,9,13,19-20H,4,8,10-12,14-15H2,1H3,(H,24,26);1H. The molecule has 2 saturated heterocycles. The number of hydrogen-bond acceptors (Lipinski definition) is 5. The molecule has 1 N–H and O–H groups in total. The van der Waals surface area contributed by atoms with Gasteiger partial charge >= 0.3 is 0 Å². The van der Waals surface area contributed by atoms with Crippen LogP contribution >= 0.6 is 24.0 Å². The van der Waals surface area contributed by atoms with Crippen molar-refractivity contribution in [3.05, 3.63) is 54.0 Å². The number of morpholine rings is 1. The molecule has 4 rings (SSSR count). The Kier molecular flexibility index (Phi) is 8.85. The van der Waals surface area contributed by atoms with Gasteiger partial charge in [-0.2, -0.15) is 0 Å². The Morgan fingerprint density at radius 2 is 2.13 bits per heavy atom. The molecule has 1 aromatic carbocycles. The van der Waals surface area contributed by atoms with Crippen molar-refractivity contribution < 1.29 is 18.6 Å². The van der Waals surface area contributed by atoms with Gasteiger partial charge in [0.15, 0.2) is 5.96 Å². The highest BCUT2D eigenvalue weighted by Gasteiger charge is 2.32. The number of halogens is 2. The van der Waals surface area contributed by atoms with Crippen LogP contribution in [0.15, 0.2) is 47.6 Å². The maximum absolute atomic E-state index is 13.5. The van der Waals surface area contributed by atoms with E-state index in [0.29, 0.717) is 24.8 Å². The summed E-state index contributed by atoms with van der Waals surface area (Å²) in [5.41, 5.74) is 0.854. The topological polar surface area (TPSA) is 68.2 Å². The van der Waals surface area contributed by atoms with Gasteiger partial charge in [-0.25, -0.2) is 9.37 Å². The van der Waals surface area contributed by atoms with Crippen LogP contribution in [0.2, 0.25) is 0 Å². The minimum atomic E-state index is -0.350. The van der Waals surface area contributed by atoms with Crippen molar-refractivity contribution in [2.24, 2.45) is 4.99 Å². The van der Waals surface area contributed by atoms with Crippen LogP contribution in [0.3, 0.4) is 0 Å². The molecule has 2 unspecified atom stereocenters. The first kappa shape index (κ1) is 23.7. The average Bonchev–Trinajstić information content (AvgIpc) is 3.31. The number of guanidine groups is 1. The highest BCUT2D eigenvalue weighted by molar-refractivity contribution is 14.0. The summed E-state index contributed by atoms with van der Waals surface area (Å²) in [5, 5.41) is 3.39. The van der Waals surface area contributed by atoms with Gasteiger partial charge in [0.25, 0.3) is 0 Å². The van der Waals surface area contributed by atoms with Crippen LogP contribution in [0, 0.1) is 5.82 Å². The number of benzene rings is 1. The number of aromatic nitrogens is 1. The Hall–Kier alpha value is -1.98. The summed E-state index contributed by atoms with van der Waals surface area (Å²) < 4.78 is 31.0. The quantitative estimate of drug-likeness (QED) is 0.354. The Morgan fingerprint density at radius 1 is 1.26 bits per heavy atom. The summed E-state index contributed by atoms with van der Waals surface area (Å²) in [7, 11) is 1.77. The Balaban J connectivity index is 0.00000272. The van der Waals surface area contributed by atoms with E-state index in [0.717, 1.165) is 44.1 Å². The smallest absolute Gasteiger partial charge is 0.224 e. The number of ether oxygens (including phenoxy) is 3. The van der Waals surface area contributed by atoms with Crippen molar-refractivity contribution >= 4 is 29.9 Å². The van der Waals surface area contributed by atoms with E-state index < -0.39 is 0 Å². The van der Waals surface area contributed by atoms with Crippen LogP contribution in [0.25, 0.3) is 0 Å². The van der Waals surface area contributed by atoms with Crippen molar-refractivity contribution in [2.45, 2.75) is 31.6 Å². The van der Waals surface area contributed by atoms with E-state index in [1.807, 2.05) is 12.1 Å². The Morgan fingerprint density at radius 3 is 2.90 bits per heavy atom. The van der Waals surface area contributed by atoms with Gasteiger partial charge in [-0.15, -0.1) is 24.0 Å². The Bertz CT molecular complexity index is 879. The molecule has 9 heteroatoms. The second kappa shape index (κ2) is 11.6. The van der Waals surface area contributed by atoms with Crippen LogP contribution < -0.4 is 10.1 Å². The fourth-order valence-corrected chi connectivity index (χ4v) is 3.79. The highest BCUT2D eigenvalue weighted by Crippen LogP contribution is 2.24. The van der Waals surface area contributed by atoms with Crippen molar-refractivity contribution in [3.63, 3.8) is 0 Å². The fourth-order valence-electron chi connectivity index (χ4n) is 3.79. The molecule has 1 aromatic heterocycles. The van der Waals surface area contributed by atoms with Crippen molar-refractivity contribution in [1.29, 1.82) is 0 Å². The number of aliphatic imine (C=N–C) groups is 1. The number of rotatable bonds is 5. The zero-order chi connectivity index (χ0) is 20.8. The highest BCUT2D eigenvalue weighted by atomic mass is 127. The molecule has 0 aliphatic carbocycles. The molecule has 7 nitrogen and oxygen atoms in total. The predicted molar refractivity (Wildman–Crippen MR) is 127 cm³/mol. The first-order chi connectivity index (χ1) is 14.7. The summed E-state index contributed by atoms with van der Waals surface area (Å²) in [6, 6.07) is 9.80. The second-order valence-electron chi connectivity index (χ2n) is 7.33. The summed E-state index contributed by atoms with van der Waals surface area (Å²) in [6.45, 7) is 3.44. The van der Waals surface area contributed by atoms with E-state index >= 15 is 0 Å². The lowest BCUT2D eigenvalue weighted by Crippen LogP contribution is -2.53. The molecule has 168 valence electrons. The molecule has 0 saturated carbocycles. The summed E-state index contributed by atoms with van der Waals surface area (Å²) in [6.07, 6.45) is 4.01. The van der Waals surface area contributed by atoms with Gasteiger partial charge in [-0.05, 0) is 31.0 Å². The maximum Gasteiger partial charge on any atom is 0.224 e. The zero-order valence-electron chi connectivity index (χ0n) is 17.5. The van der Waals surface area contributed by atoms with Gasteiger partial charge in [0.2, 0.25) is 5.88 Å². The van der Waals surface area contributed by atoms with Crippen LogP contribution in [0.1, 0.15) is 18.4 Å². The molecule has 2 aliphatic heterocycles. The molecule has 3 heterocycles. The minimum Gasteiger partial charge on any atom is -0.439 e. The minimum absolute atomic E-state index is 0. The molecule has 31 heavy (non-hydrogen) atoms. The molecule has 2 fully saturated rings. The molecular weight excluding hydrogens is 514 g/mol. The van der Waals surface area contributed by atoms with E-state index in [1.165, 1.54) is 12.1 Å². The normalized spacial score (nSPS) is 21.5. The first-order valence-corrected chi connectivity index (χ1v) is 10.3. The van der Waals surface area contributed by atoms with Gasteiger partial charge in [0.1, 0.15) is 17.7 Å². The van der Waals surface area contributed by atoms with Crippen LogP contribution in [0.5, 0.6) is 11.6 Å². The number of hydrogen-bond donors (Lipinski definition) is 1. The van der Waals surface area contributed by atoms with E-state index in [9.17, 15) is 4.39 Å². The van der Waals surface area contributed by atoms with E-state index in [-0.39, 0.29) is 42.0 Å². The molecule has 0 radical (unpaired) electrons. The molecule has 2 atom stereocenters. The van der Waals surface area contributed by atoms with E-state index in [2.05, 4.69) is 20.2 Å². The van der Waals surface area contributed by atoms with Gasteiger partial charge in [0, 0.05) is 51.1 Å². The number of nitrogens with one attached hydrogen (secondary N) is 1. The molecule has 0 amide bonds. The third-order valence-electron chi connectivity index (χ3n) is 5.28. The van der Waals surface area contributed by atoms with Gasteiger partial charge in [-0.3, -0.25) is 4.99 Å². The Labute approximate surface area is 199 Å². The molecule has 0 bridgehead atoms. The van der Waals surface area contributed by atoms with Crippen molar-refractivity contribution in [1.82, 2.24) is 15.2 Å². The lowest BCUT2D eigenvalue weighted by molar-refractivity contribution is -0.0817. The summed E-state index contributed by atoms with van der Waals surface area (Å²) >= 11 is 0. The monoisotopic (exact) mass is 542 g/mol. The van der Waals surface area contributed by atoms with Crippen LogP contribution in [-0.4, -0.2) is 61.4 Å². The fraction of sp³-hybridized carbons (Fsp3) is 0.455. The van der Waals surface area contributed by atoms with E-state index in [1.54, 1.807) is 25.4 Å². The molecule has 2 aromatic rings. The summed E-state index contributed by atoms with van der Waals surface area (Å²) in [5.74, 6) is 1.29. The van der Waals surface area contributed by atoms with Crippen LogP contribution in [-0.2, 0) is 16.0 Å². The van der Waals surface area contributed by atoms with Crippen molar-refractivity contribution in [2.75, 3.05) is 33.4 Å². The molecular formula is C22H28FIN4O3. The molecule has 0 spiro atoms.